The van der Waals surface area contributed by atoms with Crippen LogP contribution in [0, 0.1) is 18.8 Å². The van der Waals surface area contributed by atoms with Gasteiger partial charge in [0.1, 0.15) is 5.82 Å². The summed E-state index contributed by atoms with van der Waals surface area (Å²) in [6.45, 7) is 32.2. The van der Waals surface area contributed by atoms with Gasteiger partial charge in [-0.1, -0.05) is 187 Å². The molecule has 6 heteroatoms. The SMILES string of the molecule is CC(C)(C)c1cccc(N2[CH-]N(c3[c-]c(Oc4[c-]c5c(cc4)c4ccccc4n5-c4cc(C(C)(C)c5ccccc5)ccn4)cc(C(C)(C)c4ccccc4)c3)c3cc(C(C)(C)C)c(C(C)(C)C)cc32)c1.[Pt]. The van der Waals surface area contributed by atoms with Crippen molar-refractivity contribution in [1.82, 2.24) is 9.55 Å². The van der Waals surface area contributed by atoms with Gasteiger partial charge in [-0.05, 0) is 103 Å². The van der Waals surface area contributed by atoms with Crippen LogP contribution in [0.1, 0.15) is 129 Å². The number of nitrogens with zero attached hydrogens (tertiary/aromatic N) is 4. The normalized spacial score (nSPS) is 13.4. The summed E-state index contributed by atoms with van der Waals surface area (Å²) in [6.07, 6.45) is 1.93. The van der Waals surface area contributed by atoms with E-state index in [2.05, 4.69) is 275 Å². The summed E-state index contributed by atoms with van der Waals surface area (Å²) in [5, 5.41) is 2.21. The first-order chi connectivity index (χ1) is 33.6. The first-order valence-corrected chi connectivity index (χ1v) is 25.1. The molecule has 1 aliphatic heterocycles. The predicted octanol–water partition coefficient (Wildman–Crippen LogP) is 17.5. The van der Waals surface area contributed by atoms with Gasteiger partial charge in [-0.2, -0.15) is 6.07 Å². The maximum absolute atomic E-state index is 7.08. The van der Waals surface area contributed by atoms with Crippen LogP contribution in [0.15, 0.2) is 164 Å². The van der Waals surface area contributed by atoms with E-state index in [1.165, 1.54) is 33.4 Å². The van der Waals surface area contributed by atoms with Gasteiger partial charge in [0.05, 0.1) is 0 Å². The Balaban J connectivity index is 0.00000640. The standard InChI is InChI=1S/C66H67N4O.Pt/c1-62(2,3)46-27-22-28-49(35-46)68-43-69(60-42-56(64(7,8)9)55(41-59(60)68)63(4,5)6)50-36-48(66(12,13)45-25-18-15-19-26-45)37-52(39-50)71-51-31-32-54-53-29-20-21-30-57(53)70(58(54)40-51)61-38-47(33-34-67-61)65(10,11)44-23-16-14-17-24-44;/h14-38,41-43H,1-13H3;/q-3;. The van der Waals surface area contributed by atoms with E-state index in [0.29, 0.717) is 11.5 Å². The number of benzene rings is 7. The molecule has 2 aromatic heterocycles. The Morgan fingerprint density at radius 1 is 0.458 bits per heavy atom. The fraction of sp³-hybridized carbons (Fsp3) is 0.273. The van der Waals surface area contributed by atoms with Gasteiger partial charge in [-0.25, -0.2) is 4.98 Å². The fourth-order valence-electron chi connectivity index (χ4n) is 10.3. The quantitative estimate of drug-likeness (QED) is 0.135. The van der Waals surface area contributed by atoms with E-state index >= 15 is 0 Å². The van der Waals surface area contributed by atoms with Gasteiger partial charge in [-0.15, -0.1) is 53.6 Å². The van der Waals surface area contributed by atoms with Crippen molar-refractivity contribution in [2.24, 2.45) is 0 Å². The molecule has 0 saturated carbocycles. The molecule has 0 unspecified atom stereocenters. The Morgan fingerprint density at radius 3 is 1.67 bits per heavy atom. The average Bonchev–Trinajstić information content (AvgIpc) is 3.89. The van der Waals surface area contributed by atoms with Crippen LogP contribution < -0.4 is 14.5 Å². The summed E-state index contributed by atoms with van der Waals surface area (Å²) >= 11 is 0. The first-order valence-electron chi connectivity index (χ1n) is 25.1. The van der Waals surface area contributed by atoms with Crippen LogP contribution in [-0.2, 0) is 48.1 Å². The molecule has 370 valence electrons. The number of ether oxygens (including phenoxy) is 1. The number of pyridine rings is 1. The number of hydrogen-bond acceptors (Lipinski definition) is 4. The monoisotopic (exact) mass is 1130 g/mol. The summed E-state index contributed by atoms with van der Waals surface area (Å²) in [6, 6.07) is 64.4. The molecule has 0 saturated heterocycles. The molecule has 0 amide bonds. The zero-order chi connectivity index (χ0) is 50.3. The van der Waals surface area contributed by atoms with Gasteiger partial charge < -0.3 is 19.1 Å². The van der Waals surface area contributed by atoms with Gasteiger partial charge in [0.25, 0.3) is 0 Å². The van der Waals surface area contributed by atoms with Crippen molar-refractivity contribution in [3.8, 4) is 17.3 Å². The van der Waals surface area contributed by atoms with Gasteiger partial charge in [0.2, 0.25) is 0 Å². The van der Waals surface area contributed by atoms with Crippen LogP contribution in [0.3, 0.4) is 0 Å². The van der Waals surface area contributed by atoms with Gasteiger partial charge >= 0.3 is 0 Å². The van der Waals surface area contributed by atoms with E-state index in [4.69, 9.17) is 9.72 Å². The van der Waals surface area contributed by atoms with Gasteiger partial charge in [-0.3, -0.25) is 0 Å². The smallest absolute Gasteiger partial charge is 0.135 e. The third kappa shape index (κ3) is 9.30. The molecule has 0 bridgehead atoms. The largest absolute Gasteiger partial charge is 0.509 e. The topological polar surface area (TPSA) is 33.5 Å². The molecule has 7 aromatic carbocycles. The Kier molecular flexibility index (Phi) is 13.0. The number of rotatable bonds is 9. The molecule has 5 nitrogen and oxygen atoms in total. The van der Waals surface area contributed by atoms with E-state index in [-0.39, 0.29) is 48.1 Å². The Bertz CT molecular complexity index is 3440. The molecule has 10 rings (SSSR count). The zero-order valence-corrected chi connectivity index (χ0v) is 46.5. The molecule has 3 heterocycles. The number of hydrogen-bond donors (Lipinski definition) is 0. The summed E-state index contributed by atoms with van der Waals surface area (Å²) in [4.78, 5) is 9.69. The Labute approximate surface area is 443 Å². The average molecular weight is 1130 g/mol. The molecule has 9 aromatic rings. The van der Waals surface area contributed by atoms with Crippen molar-refractivity contribution in [2.75, 3.05) is 9.80 Å². The van der Waals surface area contributed by atoms with Crippen LogP contribution in [0.2, 0.25) is 0 Å². The summed E-state index contributed by atoms with van der Waals surface area (Å²) in [7, 11) is 0. The fourth-order valence-corrected chi connectivity index (χ4v) is 10.3. The van der Waals surface area contributed by atoms with Crippen molar-refractivity contribution >= 4 is 44.6 Å². The minimum Gasteiger partial charge on any atom is -0.509 e. The maximum atomic E-state index is 7.08. The third-order valence-electron chi connectivity index (χ3n) is 14.7. The zero-order valence-electron chi connectivity index (χ0n) is 44.2. The number of para-hydroxylation sites is 1. The number of fused-ring (bicyclic) bond motifs is 4. The Hall–Kier alpha value is -6.42. The summed E-state index contributed by atoms with van der Waals surface area (Å²) in [5.74, 6) is 2.03. The number of anilines is 4. The van der Waals surface area contributed by atoms with E-state index in [0.717, 1.165) is 55.9 Å². The van der Waals surface area contributed by atoms with Crippen LogP contribution in [0.25, 0.3) is 27.6 Å². The first kappa shape index (κ1) is 50.5. The van der Waals surface area contributed by atoms with E-state index in [1.54, 1.807) is 0 Å². The molecule has 72 heavy (non-hydrogen) atoms. The third-order valence-corrected chi connectivity index (χ3v) is 14.7. The van der Waals surface area contributed by atoms with Gasteiger partial charge in [0, 0.05) is 66.8 Å². The number of aromatic nitrogens is 2. The molecule has 0 N–H and O–H groups in total. The predicted molar refractivity (Wildman–Crippen MR) is 297 cm³/mol. The molecule has 0 radical (unpaired) electrons. The van der Waals surface area contributed by atoms with Crippen molar-refractivity contribution in [2.45, 2.75) is 117 Å². The second-order valence-electron chi connectivity index (χ2n) is 23.6. The van der Waals surface area contributed by atoms with Crippen molar-refractivity contribution in [3.05, 3.63) is 222 Å². The summed E-state index contributed by atoms with van der Waals surface area (Å²) < 4.78 is 9.30. The van der Waals surface area contributed by atoms with Crippen molar-refractivity contribution in [1.29, 1.82) is 0 Å². The van der Waals surface area contributed by atoms with E-state index in [9.17, 15) is 0 Å². The van der Waals surface area contributed by atoms with Crippen LogP contribution in [0.4, 0.5) is 22.7 Å². The van der Waals surface area contributed by atoms with Crippen molar-refractivity contribution < 1.29 is 25.8 Å². The maximum Gasteiger partial charge on any atom is 0.135 e. The molecule has 0 fully saturated rings. The molecule has 0 spiro atoms. The van der Waals surface area contributed by atoms with E-state index < -0.39 is 0 Å². The van der Waals surface area contributed by atoms with Crippen LogP contribution in [0.5, 0.6) is 11.5 Å². The molecule has 0 atom stereocenters. The van der Waals surface area contributed by atoms with E-state index in [1.807, 2.05) is 12.3 Å². The van der Waals surface area contributed by atoms with Crippen molar-refractivity contribution in [3.63, 3.8) is 0 Å². The minimum absolute atomic E-state index is 0. The van der Waals surface area contributed by atoms with Crippen LogP contribution in [-0.4, -0.2) is 9.55 Å². The molecular weight excluding hydrogens is 1060 g/mol. The molecular formula is C66H67N4OPt-3. The second kappa shape index (κ2) is 18.6. The Morgan fingerprint density at radius 2 is 1.04 bits per heavy atom. The molecule has 1 aliphatic rings. The molecule has 0 aliphatic carbocycles. The van der Waals surface area contributed by atoms with Crippen LogP contribution >= 0.6 is 0 Å². The van der Waals surface area contributed by atoms with Gasteiger partial charge in [0.15, 0.2) is 0 Å². The summed E-state index contributed by atoms with van der Waals surface area (Å²) in [5.41, 5.74) is 14.0. The second-order valence-corrected chi connectivity index (χ2v) is 23.6. The minimum atomic E-state index is -0.385.